The predicted molar refractivity (Wildman–Crippen MR) is 179 cm³/mol. The van der Waals surface area contributed by atoms with Gasteiger partial charge in [-0.25, -0.2) is 19.6 Å². The number of rotatable bonds is 9. The van der Waals surface area contributed by atoms with Crippen molar-refractivity contribution in [1.29, 1.82) is 0 Å². The van der Waals surface area contributed by atoms with Gasteiger partial charge in [0, 0.05) is 47.1 Å². The second kappa shape index (κ2) is 14.4. The van der Waals surface area contributed by atoms with Crippen molar-refractivity contribution in [3.05, 3.63) is 0 Å². The zero-order chi connectivity index (χ0) is 35.7. The lowest BCUT2D eigenvalue weighted by Crippen LogP contribution is -2.60. The molecule has 0 aliphatic carbocycles. The summed E-state index contributed by atoms with van der Waals surface area (Å²) in [6.07, 6.45) is 1.72. The minimum atomic E-state index is -0.659. The molecular formula is C33H54N8O7. The van der Waals surface area contributed by atoms with Gasteiger partial charge < -0.3 is 29.5 Å². The van der Waals surface area contributed by atoms with Gasteiger partial charge in [0.1, 0.15) is 11.4 Å². The summed E-state index contributed by atoms with van der Waals surface area (Å²) in [6.45, 7) is 21.0. The first kappa shape index (κ1) is 37.7. The van der Waals surface area contributed by atoms with E-state index in [0.717, 1.165) is 0 Å². The zero-order valence-corrected chi connectivity index (χ0v) is 30.2. The molecular weight excluding hydrogens is 620 g/mol. The van der Waals surface area contributed by atoms with Crippen molar-refractivity contribution in [1.82, 2.24) is 25.1 Å². The maximum atomic E-state index is 13.5. The van der Waals surface area contributed by atoms with Crippen LogP contribution in [0.3, 0.4) is 0 Å². The standard InChI is InChI=1S/C33H54N8O7/c1-11-47-25(42)23(21-17-30(3,4)40(44)31(5,6)18-21)34-27-36-28(38-29(37-27)39-13-15-46-16-14-39)35-24(26(43)48-12-2)22-19-32(7,8)41(45)33(9,10)20-22/h21-22,44-45H,11-20H2,1-10H3/b34-23-,35-24-. The van der Waals surface area contributed by atoms with Crippen LogP contribution in [0.4, 0.5) is 17.8 Å². The lowest BCUT2D eigenvalue weighted by molar-refractivity contribution is -0.246. The summed E-state index contributed by atoms with van der Waals surface area (Å²) < 4.78 is 16.5. The summed E-state index contributed by atoms with van der Waals surface area (Å²) in [7, 11) is 0. The van der Waals surface area contributed by atoms with Crippen molar-refractivity contribution in [3.8, 4) is 0 Å². The highest BCUT2D eigenvalue weighted by atomic mass is 16.5. The molecule has 0 amide bonds. The van der Waals surface area contributed by atoms with E-state index in [-0.39, 0.29) is 54.3 Å². The normalized spacial score (nSPS) is 24.0. The molecule has 1 aromatic rings. The Morgan fingerprint density at radius 3 is 1.40 bits per heavy atom. The van der Waals surface area contributed by atoms with Crippen molar-refractivity contribution in [2.45, 2.75) is 117 Å². The van der Waals surface area contributed by atoms with Crippen molar-refractivity contribution >= 4 is 41.2 Å². The van der Waals surface area contributed by atoms with Crippen LogP contribution in [-0.4, -0.2) is 121 Å². The molecule has 3 aliphatic rings. The van der Waals surface area contributed by atoms with E-state index >= 15 is 0 Å². The molecule has 268 valence electrons. The van der Waals surface area contributed by atoms with E-state index in [1.807, 2.05) is 60.3 Å². The smallest absolute Gasteiger partial charge is 0.353 e. The van der Waals surface area contributed by atoms with Crippen LogP contribution >= 0.6 is 0 Å². The summed E-state index contributed by atoms with van der Waals surface area (Å²) in [5.41, 5.74) is -2.35. The first-order valence-electron chi connectivity index (χ1n) is 16.9. The average Bonchev–Trinajstić information content (AvgIpc) is 3.00. The predicted octanol–water partition coefficient (Wildman–Crippen LogP) is 4.30. The van der Waals surface area contributed by atoms with Crippen LogP contribution in [0.25, 0.3) is 0 Å². The molecule has 2 N–H and O–H groups in total. The number of aromatic nitrogens is 3. The Kier molecular flexibility index (Phi) is 11.3. The van der Waals surface area contributed by atoms with Gasteiger partial charge in [0.25, 0.3) is 11.9 Å². The SMILES string of the molecule is CCOC(=O)/C(=N\c1nc(/N=C(\C(=O)OCC)C2CC(C)(C)N(O)C(C)(C)C2)nc(N2CCOCC2)n1)C1CC(C)(C)N(O)C(C)(C)C1. The fraction of sp³-hybridized carbons (Fsp3) is 0.788. The Labute approximate surface area is 283 Å². The highest BCUT2D eigenvalue weighted by Crippen LogP contribution is 2.42. The number of aliphatic imine (C=N–C) groups is 2. The Balaban J connectivity index is 1.88. The number of hydrogen-bond acceptors (Lipinski definition) is 15. The van der Waals surface area contributed by atoms with Gasteiger partial charge in [-0.05, 0) is 94.9 Å². The summed E-state index contributed by atoms with van der Waals surface area (Å²) in [4.78, 5) is 52.2. The van der Waals surface area contributed by atoms with Gasteiger partial charge in [0.05, 0.1) is 26.4 Å². The lowest BCUT2D eigenvalue weighted by Gasteiger charge is -2.51. The number of nitrogens with zero attached hydrogens (tertiary/aromatic N) is 8. The van der Waals surface area contributed by atoms with E-state index in [9.17, 15) is 20.0 Å². The number of morpholine rings is 1. The molecule has 4 heterocycles. The maximum absolute atomic E-state index is 13.5. The Hall–Kier alpha value is -3.11. The third-order valence-corrected chi connectivity index (χ3v) is 9.35. The molecule has 3 saturated heterocycles. The molecule has 3 aliphatic heterocycles. The molecule has 15 nitrogen and oxygen atoms in total. The number of ether oxygens (including phenoxy) is 3. The highest BCUT2D eigenvalue weighted by Gasteiger charge is 2.49. The minimum Gasteiger partial charge on any atom is -0.461 e. The molecule has 0 bridgehead atoms. The lowest BCUT2D eigenvalue weighted by atomic mass is 9.73. The van der Waals surface area contributed by atoms with Crippen LogP contribution in [0.1, 0.15) is 94.9 Å². The Morgan fingerprint density at radius 2 is 1.06 bits per heavy atom. The van der Waals surface area contributed by atoms with Gasteiger partial charge in [-0.3, -0.25) is 0 Å². The van der Waals surface area contributed by atoms with Gasteiger partial charge in [-0.2, -0.15) is 25.1 Å². The number of carbonyl (C=O) groups excluding carboxylic acids is 2. The number of piperidine rings is 2. The summed E-state index contributed by atoms with van der Waals surface area (Å²) in [5, 5.41) is 24.5. The van der Waals surface area contributed by atoms with Crippen LogP contribution in [0, 0.1) is 11.8 Å². The molecule has 0 aromatic carbocycles. The van der Waals surface area contributed by atoms with E-state index in [4.69, 9.17) is 24.2 Å². The van der Waals surface area contributed by atoms with Crippen LogP contribution < -0.4 is 4.90 Å². The molecule has 3 fully saturated rings. The highest BCUT2D eigenvalue weighted by molar-refractivity contribution is 6.38. The van der Waals surface area contributed by atoms with Crippen LogP contribution in [-0.2, 0) is 23.8 Å². The Morgan fingerprint density at radius 1 is 0.708 bits per heavy atom. The summed E-state index contributed by atoms with van der Waals surface area (Å²) in [5.74, 6) is -1.76. The monoisotopic (exact) mass is 674 g/mol. The van der Waals surface area contributed by atoms with Gasteiger partial charge >= 0.3 is 11.9 Å². The van der Waals surface area contributed by atoms with Crippen molar-refractivity contribution in [2.24, 2.45) is 21.8 Å². The number of hydroxylamine groups is 4. The van der Waals surface area contributed by atoms with Crippen LogP contribution in [0.15, 0.2) is 9.98 Å². The molecule has 0 saturated carbocycles. The minimum absolute atomic E-state index is 0.0515. The second-order valence-corrected chi connectivity index (χ2v) is 15.4. The van der Waals surface area contributed by atoms with Crippen molar-refractivity contribution in [2.75, 3.05) is 44.4 Å². The van der Waals surface area contributed by atoms with E-state index in [1.165, 1.54) is 10.1 Å². The maximum Gasteiger partial charge on any atom is 0.353 e. The quantitative estimate of drug-likeness (QED) is 0.280. The molecule has 4 rings (SSSR count). The Bertz CT molecular complexity index is 1280. The molecule has 15 heteroatoms. The van der Waals surface area contributed by atoms with Crippen molar-refractivity contribution < 1.29 is 34.2 Å². The summed E-state index contributed by atoms with van der Waals surface area (Å²) >= 11 is 0. The third kappa shape index (κ3) is 8.36. The third-order valence-electron chi connectivity index (χ3n) is 9.35. The number of carbonyl (C=O) groups is 2. The number of hydrogen-bond donors (Lipinski definition) is 2. The molecule has 0 atom stereocenters. The van der Waals surface area contributed by atoms with E-state index in [1.54, 1.807) is 13.8 Å². The first-order chi connectivity index (χ1) is 22.3. The molecule has 0 spiro atoms. The van der Waals surface area contributed by atoms with Gasteiger partial charge in [0.15, 0.2) is 0 Å². The fourth-order valence-corrected chi connectivity index (χ4v) is 7.51. The molecule has 1 aromatic heterocycles. The number of anilines is 1. The fourth-order valence-electron chi connectivity index (χ4n) is 7.51. The zero-order valence-electron chi connectivity index (χ0n) is 30.2. The number of esters is 2. The average molecular weight is 675 g/mol. The van der Waals surface area contributed by atoms with Gasteiger partial charge in [-0.15, -0.1) is 0 Å². The van der Waals surface area contributed by atoms with Gasteiger partial charge in [-0.1, -0.05) is 0 Å². The summed E-state index contributed by atoms with van der Waals surface area (Å²) in [6, 6.07) is 0. The topological polar surface area (TPSA) is 175 Å². The second-order valence-electron chi connectivity index (χ2n) is 15.4. The van der Waals surface area contributed by atoms with Gasteiger partial charge in [0.2, 0.25) is 5.95 Å². The van der Waals surface area contributed by atoms with Crippen LogP contribution in [0.2, 0.25) is 0 Å². The largest absolute Gasteiger partial charge is 0.461 e. The van der Waals surface area contributed by atoms with E-state index in [2.05, 4.69) is 15.0 Å². The first-order valence-corrected chi connectivity index (χ1v) is 16.9. The molecule has 48 heavy (non-hydrogen) atoms. The van der Waals surface area contributed by atoms with Crippen LogP contribution in [0.5, 0.6) is 0 Å². The van der Waals surface area contributed by atoms with E-state index in [0.29, 0.717) is 52.0 Å². The van der Waals surface area contributed by atoms with Crippen molar-refractivity contribution in [3.63, 3.8) is 0 Å². The molecule has 0 unspecified atom stereocenters. The van der Waals surface area contributed by atoms with E-state index < -0.39 is 34.1 Å². The molecule has 0 radical (unpaired) electrons.